The highest BCUT2D eigenvalue weighted by molar-refractivity contribution is 5.82. The Hall–Kier alpha value is -1.55. The molecule has 1 saturated heterocycles. The summed E-state index contributed by atoms with van der Waals surface area (Å²) in [5, 5.41) is 0. The summed E-state index contributed by atoms with van der Waals surface area (Å²) in [6.07, 6.45) is 0.801. The van der Waals surface area contributed by atoms with E-state index in [0.29, 0.717) is 31.3 Å². The molecule has 4 nitrogen and oxygen atoms in total. The molecular weight excluding hydrogens is 232 g/mol. The molecule has 1 atom stereocenters. The number of rotatable bonds is 6. The van der Waals surface area contributed by atoms with Crippen molar-refractivity contribution < 1.29 is 19.0 Å². The molecule has 1 aliphatic rings. The predicted molar refractivity (Wildman–Crippen MR) is 67.0 cm³/mol. The number of benzene rings is 1. The van der Waals surface area contributed by atoms with E-state index in [-0.39, 0.29) is 18.3 Å². The zero-order valence-corrected chi connectivity index (χ0v) is 10.6. The number of hydrogen-bond acceptors (Lipinski definition) is 4. The summed E-state index contributed by atoms with van der Waals surface area (Å²) in [7, 11) is 0. The van der Waals surface area contributed by atoms with E-state index in [0.717, 1.165) is 6.42 Å². The fraction of sp³-hybridized carbons (Fsp3) is 0.500. The van der Waals surface area contributed by atoms with Crippen molar-refractivity contribution in [1.29, 1.82) is 0 Å². The molecule has 0 aromatic heterocycles. The van der Waals surface area contributed by atoms with Crippen LogP contribution in [-0.2, 0) is 9.53 Å². The Labute approximate surface area is 107 Å². The van der Waals surface area contributed by atoms with Crippen LogP contribution in [0.1, 0.15) is 13.3 Å². The van der Waals surface area contributed by atoms with Crippen LogP contribution < -0.4 is 9.47 Å². The van der Waals surface area contributed by atoms with Crippen LogP contribution in [-0.4, -0.2) is 32.2 Å². The third-order valence-corrected chi connectivity index (χ3v) is 2.90. The Balaban J connectivity index is 1.90. The number of carbonyl (C=O) groups is 1. The third-order valence-electron chi connectivity index (χ3n) is 2.90. The maximum Gasteiger partial charge on any atom is 0.175 e. The van der Waals surface area contributed by atoms with Gasteiger partial charge in [0.1, 0.15) is 6.61 Å². The lowest BCUT2D eigenvalue weighted by atomic mass is 10.0. The van der Waals surface area contributed by atoms with E-state index in [2.05, 4.69) is 0 Å². The second-order valence-corrected chi connectivity index (χ2v) is 4.20. The summed E-state index contributed by atoms with van der Waals surface area (Å²) in [5.41, 5.74) is 0. The van der Waals surface area contributed by atoms with Gasteiger partial charge in [-0.05, 0) is 25.5 Å². The highest BCUT2D eigenvalue weighted by Gasteiger charge is 2.23. The van der Waals surface area contributed by atoms with Gasteiger partial charge in [0.25, 0.3) is 0 Å². The molecule has 1 aromatic rings. The summed E-state index contributed by atoms with van der Waals surface area (Å²) in [6, 6.07) is 7.39. The van der Waals surface area contributed by atoms with E-state index in [1.165, 1.54) is 0 Å². The molecule has 0 saturated carbocycles. The van der Waals surface area contributed by atoms with Crippen LogP contribution in [0.3, 0.4) is 0 Å². The van der Waals surface area contributed by atoms with Gasteiger partial charge in [0, 0.05) is 12.5 Å². The van der Waals surface area contributed by atoms with Crippen molar-refractivity contribution in [3.63, 3.8) is 0 Å². The molecule has 0 aliphatic carbocycles. The molecular formula is C14H18O4. The fourth-order valence-corrected chi connectivity index (χ4v) is 1.90. The van der Waals surface area contributed by atoms with Gasteiger partial charge < -0.3 is 14.2 Å². The van der Waals surface area contributed by atoms with Crippen molar-refractivity contribution >= 4 is 5.78 Å². The van der Waals surface area contributed by atoms with E-state index >= 15 is 0 Å². The average Bonchev–Trinajstić information content (AvgIpc) is 2.92. The van der Waals surface area contributed by atoms with Crippen LogP contribution in [0, 0.1) is 5.92 Å². The molecule has 1 heterocycles. The number of hydrogen-bond donors (Lipinski definition) is 0. The van der Waals surface area contributed by atoms with Gasteiger partial charge >= 0.3 is 0 Å². The lowest BCUT2D eigenvalue weighted by molar-refractivity contribution is -0.124. The number of Topliss-reactive ketones (excluding diaryl/α,β-unsaturated/α-hetero) is 1. The first-order valence-corrected chi connectivity index (χ1v) is 6.26. The molecule has 1 aliphatic heterocycles. The van der Waals surface area contributed by atoms with Crippen LogP contribution >= 0.6 is 0 Å². The molecule has 1 aromatic carbocycles. The predicted octanol–water partition coefficient (Wildman–Crippen LogP) is 2.07. The number of ether oxygens (including phenoxy) is 3. The lowest BCUT2D eigenvalue weighted by Crippen LogP contribution is -2.21. The molecule has 0 amide bonds. The highest BCUT2D eigenvalue weighted by atomic mass is 16.5. The van der Waals surface area contributed by atoms with Gasteiger partial charge in [-0.2, -0.15) is 0 Å². The second kappa shape index (κ2) is 6.40. The molecule has 98 valence electrons. The Morgan fingerprint density at radius 1 is 1.33 bits per heavy atom. The molecule has 1 unspecified atom stereocenters. The van der Waals surface area contributed by atoms with Gasteiger partial charge in [-0.25, -0.2) is 0 Å². The van der Waals surface area contributed by atoms with Gasteiger partial charge in [-0.1, -0.05) is 12.1 Å². The quantitative estimate of drug-likeness (QED) is 0.775. The maximum absolute atomic E-state index is 11.8. The molecule has 4 heteroatoms. The van der Waals surface area contributed by atoms with Crippen molar-refractivity contribution in [2.45, 2.75) is 13.3 Å². The Bertz CT molecular complexity index is 397. The smallest absolute Gasteiger partial charge is 0.175 e. The van der Waals surface area contributed by atoms with Crippen LogP contribution in [0.4, 0.5) is 0 Å². The number of ketones is 1. The van der Waals surface area contributed by atoms with Gasteiger partial charge in [-0.15, -0.1) is 0 Å². The summed E-state index contributed by atoms with van der Waals surface area (Å²) < 4.78 is 16.2. The number of carbonyl (C=O) groups excluding carboxylic acids is 1. The summed E-state index contributed by atoms with van der Waals surface area (Å²) >= 11 is 0. The largest absolute Gasteiger partial charge is 0.490 e. The first kappa shape index (κ1) is 12.9. The monoisotopic (exact) mass is 250 g/mol. The molecule has 0 spiro atoms. The minimum atomic E-state index is -0.00995. The minimum absolute atomic E-state index is 0.00995. The van der Waals surface area contributed by atoms with Crippen molar-refractivity contribution in [3.05, 3.63) is 24.3 Å². The minimum Gasteiger partial charge on any atom is -0.490 e. The van der Waals surface area contributed by atoms with Crippen molar-refractivity contribution in [2.24, 2.45) is 5.92 Å². The van der Waals surface area contributed by atoms with Crippen LogP contribution in [0.5, 0.6) is 11.5 Å². The number of para-hydroxylation sites is 2. The van der Waals surface area contributed by atoms with Gasteiger partial charge in [0.05, 0.1) is 13.2 Å². The summed E-state index contributed by atoms with van der Waals surface area (Å²) in [6.45, 7) is 3.77. The summed E-state index contributed by atoms with van der Waals surface area (Å²) in [5.74, 6) is 1.38. The first-order chi connectivity index (χ1) is 8.81. The topological polar surface area (TPSA) is 44.8 Å². The van der Waals surface area contributed by atoms with Gasteiger partial charge in [0.2, 0.25) is 0 Å². The van der Waals surface area contributed by atoms with Crippen molar-refractivity contribution in [1.82, 2.24) is 0 Å². The van der Waals surface area contributed by atoms with E-state index in [4.69, 9.17) is 14.2 Å². The molecule has 2 rings (SSSR count). The van der Waals surface area contributed by atoms with Crippen LogP contribution in [0.25, 0.3) is 0 Å². The maximum atomic E-state index is 11.8. The Morgan fingerprint density at radius 3 is 2.67 bits per heavy atom. The van der Waals surface area contributed by atoms with Crippen LogP contribution in [0.15, 0.2) is 24.3 Å². The van der Waals surface area contributed by atoms with Crippen LogP contribution in [0.2, 0.25) is 0 Å². The first-order valence-electron chi connectivity index (χ1n) is 6.26. The Kier molecular flexibility index (Phi) is 4.59. The summed E-state index contributed by atoms with van der Waals surface area (Å²) in [4.78, 5) is 11.8. The van der Waals surface area contributed by atoms with E-state index in [1.54, 1.807) is 0 Å². The fourth-order valence-electron chi connectivity index (χ4n) is 1.90. The highest BCUT2D eigenvalue weighted by Crippen LogP contribution is 2.26. The van der Waals surface area contributed by atoms with E-state index in [9.17, 15) is 4.79 Å². The molecule has 0 bridgehead atoms. The lowest BCUT2D eigenvalue weighted by Gasteiger charge is -2.12. The average molecular weight is 250 g/mol. The zero-order valence-electron chi connectivity index (χ0n) is 10.6. The van der Waals surface area contributed by atoms with Gasteiger partial charge in [-0.3, -0.25) is 4.79 Å². The Morgan fingerprint density at radius 2 is 2.06 bits per heavy atom. The molecule has 0 radical (unpaired) electrons. The van der Waals surface area contributed by atoms with Crippen molar-refractivity contribution in [2.75, 3.05) is 26.4 Å². The second-order valence-electron chi connectivity index (χ2n) is 4.20. The molecule has 0 N–H and O–H groups in total. The van der Waals surface area contributed by atoms with E-state index < -0.39 is 0 Å². The van der Waals surface area contributed by atoms with E-state index in [1.807, 2.05) is 31.2 Å². The standard InChI is InChI=1S/C14H18O4/c1-2-17-13-5-3-4-6-14(13)18-10-12(15)11-7-8-16-9-11/h3-6,11H,2,7-10H2,1H3. The van der Waals surface area contributed by atoms with Gasteiger partial charge in [0.15, 0.2) is 17.3 Å². The normalized spacial score (nSPS) is 18.6. The molecule has 18 heavy (non-hydrogen) atoms. The zero-order chi connectivity index (χ0) is 12.8. The third kappa shape index (κ3) is 3.23. The SMILES string of the molecule is CCOc1ccccc1OCC(=O)C1CCOC1. The molecule has 1 fully saturated rings. The van der Waals surface area contributed by atoms with Crippen molar-refractivity contribution in [3.8, 4) is 11.5 Å².